The first kappa shape index (κ1) is 9.16. The monoisotopic (exact) mass is 210 g/mol. The van der Waals surface area contributed by atoms with Crippen LogP contribution in [0.1, 0.15) is 22.3 Å². The van der Waals surface area contributed by atoms with Gasteiger partial charge in [0.2, 0.25) is 0 Å². The lowest BCUT2D eigenvalue weighted by Gasteiger charge is -2.15. The van der Waals surface area contributed by atoms with Crippen molar-refractivity contribution < 1.29 is 9.90 Å². The first-order valence-corrected chi connectivity index (χ1v) is 5.22. The lowest BCUT2D eigenvalue weighted by atomic mass is 9.90. The predicted octanol–water partition coefficient (Wildman–Crippen LogP) is 3.33. The molecule has 0 amide bonds. The van der Waals surface area contributed by atoms with Crippen LogP contribution in [0, 0.1) is 0 Å². The summed E-state index contributed by atoms with van der Waals surface area (Å²) in [4.78, 5) is 11.9. The smallest absolute Gasteiger partial charge is 0.168 e. The third-order valence-electron chi connectivity index (χ3n) is 2.96. The lowest BCUT2D eigenvalue weighted by molar-refractivity contribution is 0.0994. The van der Waals surface area contributed by atoms with Crippen LogP contribution in [0.25, 0.3) is 16.5 Å². The van der Waals surface area contributed by atoms with E-state index in [0.29, 0.717) is 11.1 Å². The highest BCUT2D eigenvalue weighted by atomic mass is 16.3. The molecule has 1 aliphatic rings. The molecule has 2 aromatic rings. The molecule has 1 N–H and O–H groups in total. The Morgan fingerprint density at radius 2 is 1.88 bits per heavy atom. The van der Waals surface area contributed by atoms with Crippen molar-refractivity contribution in [1.82, 2.24) is 0 Å². The van der Waals surface area contributed by atoms with Crippen LogP contribution < -0.4 is 0 Å². The molecule has 0 unspecified atom stereocenters. The maximum Gasteiger partial charge on any atom is 0.168 e. The summed E-state index contributed by atoms with van der Waals surface area (Å²) in [5.41, 5.74) is 1.30. The molecule has 0 fully saturated rings. The number of Topliss-reactive ketones (excluding diaryl/α,β-unsaturated/α-hetero) is 1. The van der Waals surface area contributed by atoms with Crippen LogP contribution in [-0.2, 0) is 0 Å². The number of aliphatic hydroxyl groups is 1. The molecule has 1 aliphatic carbocycles. The minimum atomic E-state index is 0.0737. The fourth-order valence-corrected chi connectivity index (χ4v) is 2.19. The Bertz CT molecular complexity index is 624. The molecule has 2 nitrogen and oxygen atoms in total. The highest BCUT2D eigenvalue weighted by Crippen LogP contribution is 2.30. The van der Waals surface area contributed by atoms with Crippen LogP contribution in [0.3, 0.4) is 0 Å². The van der Waals surface area contributed by atoms with Crippen LogP contribution in [0.5, 0.6) is 0 Å². The van der Waals surface area contributed by atoms with Gasteiger partial charge < -0.3 is 5.11 Å². The van der Waals surface area contributed by atoms with E-state index in [2.05, 4.69) is 0 Å². The highest BCUT2D eigenvalue weighted by molar-refractivity contribution is 6.13. The average Bonchev–Trinajstić information content (AvgIpc) is 2.33. The minimum Gasteiger partial charge on any atom is -0.508 e. The third kappa shape index (κ3) is 1.16. The van der Waals surface area contributed by atoms with E-state index in [9.17, 15) is 9.90 Å². The summed E-state index contributed by atoms with van der Waals surface area (Å²) in [6, 6.07) is 11.5. The Hall–Kier alpha value is -2.09. The molecule has 0 spiro atoms. The van der Waals surface area contributed by atoms with Crippen molar-refractivity contribution >= 4 is 22.3 Å². The van der Waals surface area contributed by atoms with Gasteiger partial charge in [0.1, 0.15) is 5.76 Å². The molecule has 0 radical (unpaired) electrons. The summed E-state index contributed by atoms with van der Waals surface area (Å²) in [7, 11) is 0. The molecule has 2 heteroatoms. The average molecular weight is 210 g/mol. The second kappa shape index (κ2) is 3.20. The van der Waals surface area contributed by atoms with E-state index in [1.54, 1.807) is 12.1 Å². The van der Waals surface area contributed by atoms with Crippen molar-refractivity contribution in [3.05, 3.63) is 53.6 Å². The van der Waals surface area contributed by atoms with Gasteiger partial charge in [-0.3, -0.25) is 4.79 Å². The van der Waals surface area contributed by atoms with Gasteiger partial charge in [-0.25, -0.2) is 0 Å². The normalized spacial score (nSPS) is 14.8. The van der Waals surface area contributed by atoms with E-state index in [0.717, 1.165) is 10.8 Å². The second-order valence-corrected chi connectivity index (χ2v) is 3.93. The maximum absolute atomic E-state index is 11.9. The zero-order valence-electron chi connectivity index (χ0n) is 8.60. The number of carbonyl (C=O) groups is 1. The van der Waals surface area contributed by atoms with Crippen molar-refractivity contribution in [1.29, 1.82) is 0 Å². The number of hydrogen-bond donors (Lipinski definition) is 1. The number of rotatable bonds is 0. The molecule has 0 saturated carbocycles. The van der Waals surface area contributed by atoms with E-state index < -0.39 is 0 Å². The second-order valence-electron chi connectivity index (χ2n) is 3.93. The number of aliphatic hydroxyl groups excluding tert-OH is 1. The quantitative estimate of drug-likeness (QED) is 0.724. The van der Waals surface area contributed by atoms with Crippen molar-refractivity contribution in [3.8, 4) is 0 Å². The van der Waals surface area contributed by atoms with Crippen molar-refractivity contribution in [2.24, 2.45) is 0 Å². The number of benzene rings is 2. The van der Waals surface area contributed by atoms with Gasteiger partial charge in [-0.2, -0.15) is 0 Å². The minimum absolute atomic E-state index is 0.0737. The zero-order valence-corrected chi connectivity index (χ0v) is 8.60. The molecule has 0 saturated heterocycles. The van der Waals surface area contributed by atoms with Crippen LogP contribution >= 0.6 is 0 Å². The number of carbonyl (C=O) groups excluding carboxylic acids is 1. The van der Waals surface area contributed by atoms with Crippen LogP contribution in [0.4, 0.5) is 0 Å². The molecule has 0 bridgehead atoms. The summed E-state index contributed by atoms with van der Waals surface area (Å²) >= 11 is 0. The van der Waals surface area contributed by atoms with Crippen LogP contribution in [0.2, 0.25) is 0 Å². The molecule has 16 heavy (non-hydrogen) atoms. The summed E-state index contributed by atoms with van der Waals surface area (Å²) in [6.07, 6.45) is 1.85. The van der Waals surface area contributed by atoms with Gasteiger partial charge in [0.25, 0.3) is 0 Å². The Morgan fingerprint density at radius 1 is 1.06 bits per heavy atom. The van der Waals surface area contributed by atoms with Crippen LogP contribution in [0.15, 0.2) is 42.5 Å². The Kier molecular flexibility index (Phi) is 1.83. The molecule has 78 valence electrons. The summed E-state index contributed by atoms with van der Waals surface area (Å²) < 4.78 is 0. The fraction of sp³-hybridized carbons (Fsp3) is 0.0714. The van der Waals surface area contributed by atoms with Gasteiger partial charge in [0.05, 0.1) is 0 Å². The van der Waals surface area contributed by atoms with Crippen LogP contribution in [-0.4, -0.2) is 10.9 Å². The molecule has 0 atom stereocenters. The molecule has 2 aromatic carbocycles. The highest BCUT2D eigenvalue weighted by Gasteiger charge is 2.20. The standard InChI is InChI=1S/C14H10O2/c15-12-7-8-13(16)14-10-4-2-1-3-9(10)5-6-11(12)14/h1-7,15H,8H2. The van der Waals surface area contributed by atoms with E-state index >= 15 is 0 Å². The number of ketones is 1. The van der Waals surface area contributed by atoms with Gasteiger partial charge in [-0.05, 0) is 22.9 Å². The van der Waals surface area contributed by atoms with Crippen molar-refractivity contribution in [3.63, 3.8) is 0 Å². The summed E-state index contributed by atoms with van der Waals surface area (Å²) in [6.45, 7) is 0. The number of fused-ring (bicyclic) bond motifs is 3. The van der Waals surface area contributed by atoms with Gasteiger partial charge in [0, 0.05) is 17.5 Å². The first-order chi connectivity index (χ1) is 7.77. The molecular weight excluding hydrogens is 200 g/mol. The molecule has 0 aromatic heterocycles. The first-order valence-electron chi connectivity index (χ1n) is 5.22. The lowest BCUT2D eigenvalue weighted by Crippen LogP contribution is -2.08. The third-order valence-corrected chi connectivity index (χ3v) is 2.96. The van der Waals surface area contributed by atoms with E-state index in [-0.39, 0.29) is 18.0 Å². The summed E-state index contributed by atoms with van der Waals surface area (Å²) in [5, 5.41) is 11.7. The predicted molar refractivity (Wildman–Crippen MR) is 63.5 cm³/mol. The van der Waals surface area contributed by atoms with Crippen molar-refractivity contribution in [2.75, 3.05) is 0 Å². The Labute approximate surface area is 92.8 Å². The molecular formula is C14H10O2. The van der Waals surface area contributed by atoms with E-state index in [4.69, 9.17) is 0 Å². The maximum atomic E-state index is 11.9. The molecule has 0 aliphatic heterocycles. The Morgan fingerprint density at radius 3 is 2.75 bits per heavy atom. The largest absolute Gasteiger partial charge is 0.508 e. The fourth-order valence-electron chi connectivity index (χ4n) is 2.19. The summed E-state index contributed by atoms with van der Waals surface area (Å²) in [5.74, 6) is 0.282. The SMILES string of the molecule is O=C1CC=C(O)c2ccc3ccccc3c21. The van der Waals surface area contributed by atoms with E-state index in [1.807, 2.05) is 30.3 Å². The zero-order chi connectivity index (χ0) is 11.1. The van der Waals surface area contributed by atoms with Gasteiger partial charge >= 0.3 is 0 Å². The number of hydrogen-bond acceptors (Lipinski definition) is 2. The van der Waals surface area contributed by atoms with Gasteiger partial charge in [-0.1, -0.05) is 30.3 Å². The van der Waals surface area contributed by atoms with Gasteiger partial charge in [-0.15, -0.1) is 0 Å². The van der Waals surface area contributed by atoms with Gasteiger partial charge in [0.15, 0.2) is 5.78 Å². The topological polar surface area (TPSA) is 37.3 Å². The van der Waals surface area contributed by atoms with Crippen molar-refractivity contribution in [2.45, 2.75) is 6.42 Å². The number of allylic oxidation sites excluding steroid dienone is 1. The van der Waals surface area contributed by atoms with E-state index in [1.165, 1.54) is 0 Å². The molecule has 3 rings (SSSR count). The molecule has 0 heterocycles. The Balaban J connectivity index is 2.46.